The van der Waals surface area contributed by atoms with Crippen molar-refractivity contribution in [3.8, 4) is 0 Å². The number of imidazole rings is 1. The monoisotopic (exact) mass is 298 g/mol. The normalized spacial score (nSPS) is 14.3. The maximum atomic E-state index is 11.7. The predicted molar refractivity (Wildman–Crippen MR) is 62.6 cm³/mol. The third-order valence-corrected chi connectivity index (χ3v) is 5.71. The zero-order valence-electron chi connectivity index (χ0n) is 9.63. The lowest BCUT2D eigenvalue weighted by molar-refractivity contribution is 0.275. The lowest BCUT2D eigenvalue weighted by Crippen LogP contribution is -2.36. The maximum absolute atomic E-state index is 11.7. The standard InChI is InChI=1S/C8H14N2O6S2/c1-2-3-4-8(17(11,12)13)18(14,15)16-10-6-5-9-7-10/h5-8H,2-4H2,1H3,(H,11,12,13). The van der Waals surface area contributed by atoms with Gasteiger partial charge in [0.05, 0.1) is 6.20 Å². The van der Waals surface area contributed by atoms with Crippen molar-refractivity contribution in [2.24, 2.45) is 0 Å². The molecule has 104 valence electrons. The topological polar surface area (TPSA) is 116 Å². The first-order valence-corrected chi connectivity index (χ1v) is 8.13. The van der Waals surface area contributed by atoms with Crippen LogP contribution in [0.2, 0.25) is 0 Å². The van der Waals surface area contributed by atoms with E-state index in [1.54, 1.807) is 6.92 Å². The SMILES string of the molecule is CCCCC(S(=O)(=O)O)S(=O)(=O)On1ccnc1. The van der Waals surface area contributed by atoms with Gasteiger partial charge in [-0.1, -0.05) is 19.8 Å². The van der Waals surface area contributed by atoms with Crippen molar-refractivity contribution in [2.45, 2.75) is 30.8 Å². The molecule has 1 heterocycles. The van der Waals surface area contributed by atoms with Crippen LogP contribution in [0.5, 0.6) is 0 Å². The molecule has 0 aliphatic rings. The molecule has 0 radical (unpaired) electrons. The zero-order valence-corrected chi connectivity index (χ0v) is 11.3. The van der Waals surface area contributed by atoms with Crippen LogP contribution in [0.1, 0.15) is 26.2 Å². The van der Waals surface area contributed by atoms with Gasteiger partial charge in [-0.3, -0.25) is 8.84 Å². The quantitative estimate of drug-likeness (QED) is 0.707. The van der Waals surface area contributed by atoms with Gasteiger partial charge in [0.25, 0.3) is 10.1 Å². The van der Waals surface area contributed by atoms with Crippen molar-refractivity contribution in [1.82, 2.24) is 9.71 Å². The van der Waals surface area contributed by atoms with Gasteiger partial charge in [-0.05, 0) is 6.42 Å². The van der Waals surface area contributed by atoms with Crippen LogP contribution in [0.4, 0.5) is 0 Å². The molecule has 0 aliphatic heterocycles. The molecule has 0 fully saturated rings. The molecule has 0 saturated carbocycles. The Bertz CT molecular complexity index is 563. The summed E-state index contributed by atoms with van der Waals surface area (Å²) in [4.78, 5) is 3.55. The van der Waals surface area contributed by atoms with Gasteiger partial charge in [0, 0.05) is 6.20 Å². The van der Waals surface area contributed by atoms with Crippen molar-refractivity contribution in [3.05, 3.63) is 18.7 Å². The summed E-state index contributed by atoms with van der Waals surface area (Å²) in [5.41, 5.74) is 0. The van der Waals surface area contributed by atoms with Crippen LogP contribution in [0, 0.1) is 0 Å². The molecule has 8 nitrogen and oxygen atoms in total. The van der Waals surface area contributed by atoms with E-state index in [1.165, 1.54) is 12.4 Å². The Morgan fingerprint density at radius 1 is 1.39 bits per heavy atom. The maximum Gasteiger partial charge on any atom is 0.347 e. The first-order valence-electron chi connectivity index (χ1n) is 5.15. The molecule has 0 aromatic carbocycles. The summed E-state index contributed by atoms with van der Waals surface area (Å²) < 4.78 is 57.9. The number of unbranched alkanes of at least 4 members (excludes halogenated alkanes) is 1. The molecule has 1 atom stereocenters. The van der Waals surface area contributed by atoms with E-state index in [-0.39, 0.29) is 6.42 Å². The van der Waals surface area contributed by atoms with Crippen LogP contribution in [0.25, 0.3) is 0 Å². The first-order chi connectivity index (χ1) is 8.27. The Morgan fingerprint density at radius 3 is 2.50 bits per heavy atom. The predicted octanol–water partition coefficient (Wildman–Crippen LogP) is 0.0456. The second-order valence-electron chi connectivity index (χ2n) is 3.58. The number of nitrogens with zero attached hydrogens (tertiary/aromatic N) is 2. The molecule has 0 amide bonds. The van der Waals surface area contributed by atoms with Gasteiger partial charge in [0.15, 0.2) is 0 Å². The molecule has 10 heteroatoms. The lowest BCUT2D eigenvalue weighted by atomic mass is 10.3. The van der Waals surface area contributed by atoms with Crippen molar-refractivity contribution < 1.29 is 25.7 Å². The molecule has 0 aliphatic carbocycles. The van der Waals surface area contributed by atoms with Crippen LogP contribution < -0.4 is 4.28 Å². The second-order valence-corrected chi connectivity index (χ2v) is 7.18. The Morgan fingerprint density at radius 2 is 2.06 bits per heavy atom. The minimum absolute atomic E-state index is 0.230. The molecule has 0 bridgehead atoms. The number of hydrogen-bond acceptors (Lipinski definition) is 6. The van der Waals surface area contributed by atoms with E-state index in [0.717, 1.165) is 11.1 Å². The third kappa shape index (κ3) is 3.96. The fourth-order valence-corrected chi connectivity index (χ4v) is 3.91. The van der Waals surface area contributed by atoms with Crippen LogP contribution in [0.3, 0.4) is 0 Å². The molecule has 1 aromatic rings. The van der Waals surface area contributed by atoms with Crippen molar-refractivity contribution >= 4 is 20.2 Å². The molecule has 18 heavy (non-hydrogen) atoms. The van der Waals surface area contributed by atoms with E-state index in [4.69, 9.17) is 4.55 Å². The highest BCUT2D eigenvalue weighted by atomic mass is 32.3. The third-order valence-electron chi connectivity index (χ3n) is 2.12. The van der Waals surface area contributed by atoms with Gasteiger partial charge in [0.1, 0.15) is 6.33 Å². The summed E-state index contributed by atoms with van der Waals surface area (Å²) in [5, 5.41) is 0. The average Bonchev–Trinajstić information content (AvgIpc) is 2.67. The second kappa shape index (κ2) is 5.67. The van der Waals surface area contributed by atoms with Gasteiger partial charge in [-0.25, -0.2) is 4.98 Å². The highest BCUT2D eigenvalue weighted by Crippen LogP contribution is 2.16. The summed E-state index contributed by atoms with van der Waals surface area (Å²) in [6.45, 7) is 1.77. The van der Waals surface area contributed by atoms with Crippen molar-refractivity contribution in [1.29, 1.82) is 0 Å². The van der Waals surface area contributed by atoms with E-state index < -0.39 is 24.8 Å². The summed E-state index contributed by atoms with van der Waals surface area (Å²) >= 11 is 0. The van der Waals surface area contributed by atoms with E-state index in [1.807, 2.05) is 0 Å². The zero-order chi connectivity index (χ0) is 13.8. The van der Waals surface area contributed by atoms with Gasteiger partial charge < -0.3 is 0 Å². The summed E-state index contributed by atoms with van der Waals surface area (Å²) in [6.07, 6.45) is 4.21. The molecule has 0 saturated heterocycles. The molecular weight excluding hydrogens is 284 g/mol. The van der Waals surface area contributed by atoms with Gasteiger partial charge in [-0.2, -0.15) is 21.6 Å². The van der Waals surface area contributed by atoms with Gasteiger partial charge in [0.2, 0.25) is 4.58 Å². The largest absolute Gasteiger partial charge is 0.347 e. The minimum atomic E-state index is -4.74. The smallest absolute Gasteiger partial charge is 0.285 e. The Labute approximate surface area is 105 Å². The number of rotatable bonds is 7. The lowest BCUT2D eigenvalue weighted by Gasteiger charge is -2.14. The highest BCUT2D eigenvalue weighted by molar-refractivity contribution is 8.04. The molecule has 1 aromatic heterocycles. The molecule has 1 unspecified atom stereocenters. The summed E-state index contributed by atoms with van der Waals surface area (Å²) in [7, 11) is -9.23. The van der Waals surface area contributed by atoms with E-state index in [9.17, 15) is 16.8 Å². The number of hydrogen-bond donors (Lipinski definition) is 1. The molecule has 1 rings (SSSR count). The summed E-state index contributed by atoms with van der Waals surface area (Å²) in [6, 6.07) is 0. The fourth-order valence-electron chi connectivity index (χ4n) is 1.27. The van der Waals surface area contributed by atoms with Gasteiger partial charge in [-0.15, -0.1) is 0 Å². The van der Waals surface area contributed by atoms with Crippen LogP contribution in [-0.2, 0) is 20.2 Å². The Balaban J connectivity index is 2.97. The Kier molecular flexibility index (Phi) is 4.71. The fraction of sp³-hybridized carbons (Fsp3) is 0.625. The van der Waals surface area contributed by atoms with E-state index in [0.29, 0.717) is 12.8 Å². The molecule has 0 spiro atoms. The van der Waals surface area contributed by atoms with Crippen LogP contribution in [-0.4, -0.2) is 35.7 Å². The highest BCUT2D eigenvalue weighted by Gasteiger charge is 2.38. The Hall–Kier alpha value is -1.13. The first kappa shape index (κ1) is 14.9. The van der Waals surface area contributed by atoms with E-state index in [2.05, 4.69) is 9.27 Å². The minimum Gasteiger partial charge on any atom is -0.285 e. The van der Waals surface area contributed by atoms with E-state index >= 15 is 0 Å². The number of aromatic nitrogens is 2. The van der Waals surface area contributed by atoms with Crippen LogP contribution >= 0.6 is 0 Å². The average molecular weight is 298 g/mol. The van der Waals surface area contributed by atoms with Gasteiger partial charge >= 0.3 is 10.1 Å². The van der Waals surface area contributed by atoms with Crippen molar-refractivity contribution in [3.63, 3.8) is 0 Å². The van der Waals surface area contributed by atoms with Crippen LogP contribution in [0.15, 0.2) is 18.7 Å². The summed E-state index contributed by atoms with van der Waals surface area (Å²) in [5.74, 6) is 0. The molecular formula is C8H14N2O6S2. The molecule has 1 N–H and O–H groups in total. The van der Waals surface area contributed by atoms with Crippen molar-refractivity contribution in [2.75, 3.05) is 0 Å².